The molecule has 4 heteroatoms. The molecule has 0 amide bonds. The Hall–Kier alpha value is -1.35. The Kier molecular flexibility index (Phi) is 2.04. The highest BCUT2D eigenvalue weighted by molar-refractivity contribution is 6.35. The van der Waals surface area contributed by atoms with Crippen LogP contribution >= 0.6 is 11.6 Å². The number of hydrogen-bond acceptors (Lipinski definition) is 2. The molecule has 3 nitrogen and oxygen atoms in total. The summed E-state index contributed by atoms with van der Waals surface area (Å²) in [5.74, 6) is 0.00509. The van der Waals surface area contributed by atoms with Gasteiger partial charge in [0, 0.05) is 18.0 Å². The maximum atomic E-state index is 11.3. The Morgan fingerprint density at radius 1 is 1.50 bits per heavy atom. The molecule has 0 saturated carbocycles. The largest absolute Gasteiger partial charge is 0.294 e. The van der Waals surface area contributed by atoms with E-state index in [1.165, 1.54) is 6.92 Å². The van der Waals surface area contributed by atoms with E-state index in [0.29, 0.717) is 10.7 Å². The van der Waals surface area contributed by atoms with Crippen LogP contribution in [0.2, 0.25) is 5.15 Å². The Morgan fingerprint density at radius 2 is 2.21 bits per heavy atom. The van der Waals surface area contributed by atoms with Gasteiger partial charge in [0.1, 0.15) is 0 Å². The van der Waals surface area contributed by atoms with Gasteiger partial charge < -0.3 is 0 Å². The summed E-state index contributed by atoms with van der Waals surface area (Å²) in [5.41, 5.74) is 1.50. The summed E-state index contributed by atoms with van der Waals surface area (Å²) >= 11 is 5.94. The van der Waals surface area contributed by atoms with Crippen molar-refractivity contribution in [1.29, 1.82) is 0 Å². The fraction of sp³-hybridized carbons (Fsp3) is 0.200. The Balaban J connectivity index is 2.92. The molecule has 1 aromatic heterocycles. The summed E-state index contributed by atoms with van der Waals surface area (Å²) in [6.07, 6.45) is 0. The molecular formula is C10H9ClN2O. The number of hydrogen-bond donors (Lipinski definition) is 0. The van der Waals surface area contributed by atoms with Crippen molar-refractivity contribution in [3.05, 3.63) is 28.9 Å². The average Bonchev–Trinajstić information content (AvgIpc) is 2.43. The van der Waals surface area contributed by atoms with Gasteiger partial charge in [-0.3, -0.25) is 9.48 Å². The van der Waals surface area contributed by atoms with E-state index in [2.05, 4.69) is 5.10 Å². The summed E-state index contributed by atoms with van der Waals surface area (Å²) < 4.78 is 1.67. The number of aryl methyl sites for hydroxylation is 1. The van der Waals surface area contributed by atoms with E-state index in [1.54, 1.807) is 17.8 Å². The van der Waals surface area contributed by atoms with Crippen LogP contribution in [-0.4, -0.2) is 15.6 Å². The van der Waals surface area contributed by atoms with E-state index < -0.39 is 0 Å². The maximum absolute atomic E-state index is 11.3. The summed E-state index contributed by atoms with van der Waals surface area (Å²) in [5, 5.41) is 5.19. The second-order valence-corrected chi connectivity index (χ2v) is 3.53. The number of carbonyl (C=O) groups excluding carboxylic acids is 1. The maximum Gasteiger partial charge on any atom is 0.160 e. The van der Waals surface area contributed by atoms with Crippen molar-refractivity contribution in [1.82, 2.24) is 9.78 Å². The fourth-order valence-electron chi connectivity index (χ4n) is 1.56. The summed E-state index contributed by atoms with van der Waals surface area (Å²) in [4.78, 5) is 11.3. The molecule has 0 aliphatic carbocycles. The summed E-state index contributed by atoms with van der Waals surface area (Å²) in [7, 11) is 1.80. The number of ketones is 1. The van der Waals surface area contributed by atoms with Gasteiger partial charge in [0.25, 0.3) is 0 Å². The number of aromatic nitrogens is 2. The standard InChI is InChI=1S/C10H9ClN2O/c1-6(14)7-4-3-5-8-9(7)10(11)12-13(8)2/h3-5H,1-2H3. The zero-order chi connectivity index (χ0) is 10.3. The van der Waals surface area contributed by atoms with Crippen molar-refractivity contribution in [2.45, 2.75) is 6.92 Å². The van der Waals surface area contributed by atoms with Gasteiger partial charge in [0.05, 0.1) is 5.52 Å². The molecule has 1 heterocycles. The molecule has 2 aromatic rings. The van der Waals surface area contributed by atoms with Crippen LogP contribution in [0.15, 0.2) is 18.2 Å². The lowest BCUT2D eigenvalue weighted by atomic mass is 10.1. The van der Waals surface area contributed by atoms with Crippen LogP contribution in [0, 0.1) is 0 Å². The van der Waals surface area contributed by atoms with Crippen LogP contribution in [0.4, 0.5) is 0 Å². The first-order valence-electron chi connectivity index (χ1n) is 4.23. The zero-order valence-electron chi connectivity index (χ0n) is 7.91. The molecular weight excluding hydrogens is 200 g/mol. The van der Waals surface area contributed by atoms with Crippen molar-refractivity contribution in [2.24, 2.45) is 7.05 Å². The number of carbonyl (C=O) groups is 1. The molecule has 2 rings (SSSR count). The molecule has 0 unspecified atom stereocenters. The molecule has 0 aliphatic heterocycles. The number of nitrogens with zero attached hydrogens (tertiary/aromatic N) is 2. The van der Waals surface area contributed by atoms with Crippen LogP contribution < -0.4 is 0 Å². The van der Waals surface area contributed by atoms with E-state index in [9.17, 15) is 4.79 Å². The predicted octanol–water partition coefficient (Wildman–Crippen LogP) is 2.43. The van der Waals surface area contributed by atoms with Gasteiger partial charge >= 0.3 is 0 Å². The number of benzene rings is 1. The second-order valence-electron chi connectivity index (χ2n) is 3.17. The Labute approximate surface area is 86.3 Å². The third-order valence-electron chi connectivity index (χ3n) is 2.21. The van der Waals surface area contributed by atoms with Crippen LogP contribution in [0.5, 0.6) is 0 Å². The second kappa shape index (κ2) is 3.10. The van der Waals surface area contributed by atoms with Gasteiger partial charge in [0.15, 0.2) is 10.9 Å². The van der Waals surface area contributed by atoms with Gasteiger partial charge in [-0.05, 0) is 13.0 Å². The van der Waals surface area contributed by atoms with E-state index in [1.807, 2.05) is 12.1 Å². The van der Waals surface area contributed by atoms with Gasteiger partial charge in [-0.2, -0.15) is 5.10 Å². The first-order chi connectivity index (χ1) is 6.61. The predicted molar refractivity (Wildman–Crippen MR) is 55.7 cm³/mol. The van der Waals surface area contributed by atoms with E-state index >= 15 is 0 Å². The lowest BCUT2D eigenvalue weighted by molar-refractivity contribution is 0.101. The normalized spacial score (nSPS) is 10.8. The lowest BCUT2D eigenvalue weighted by Crippen LogP contribution is -1.93. The van der Waals surface area contributed by atoms with Crippen molar-refractivity contribution < 1.29 is 4.79 Å². The molecule has 0 atom stereocenters. The molecule has 0 fully saturated rings. The minimum Gasteiger partial charge on any atom is -0.294 e. The number of Topliss-reactive ketones (excluding diaryl/α,β-unsaturated/α-hetero) is 1. The molecule has 72 valence electrons. The quantitative estimate of drug-likeness (QED) is 0.675. The molecule has 0 bridgehead atoms. The molecule has 0 N–H and O–H groups in total. The smallest absolute Gasteiger partial charge is 0.160 e. The van der Waals surface area contributed by atoms with Crippen molar-refractivity contribution >= 4 is 28.3 Å². The third-order valence-corrected chi connectivity index (χ3v) is 2.48. The topological polar surface area (TPSA) is 34.9 Å². The monoisotopic (exact) mass is 208 g/mol. The van der Waals surface area contributed by atoms with E-state index in [0.717, 1.165) is 10.9 Å². The van der Waals surface area contributed by atoms with Gasteiger partial charge in [-0.15, -0.1) is 0 Å². The van der Waals surface area contributed by atoms with Crippen LogP contribution in [0.3, 0.4) is 0 Å². The van der Waals surface area contributed by atoms with Crippen LogP contribution in [-0.2, 0) is 7.05 Å². The highest BCUT2D eigenvalue weighted by atomic mass is 35.5. The van der Waals surface area contributed by atoms with Crippen LogP contribution in [0.25, 0.3) is 10.9 Å². The highest BCUT2D eigenvalue weighted by Crippen LogP contribution is 2.26. The molecule has 0 radical (unpaired) electrons. The third kappa shape index (κ3) is 1.21. The Bertz CT molecular complexity index is 516. The fourth-order valence-corrected chi connectivity index (χ4v) is 1.87. The number of rotatable bonds is 1. The molecule has 0 spiro atoms. The van der Waals surface area contributed by atoms with E-state index in [4.69, 9.17) is 11.6 Å². The minimum absolute atomic E-state index is 0.00509. The number of fused-ring (bicyclic) bond motifs is 1. The number of halogens is 1. The Morgan fingerprint density at radius 3 is 2.86 bits per heavy atom. The zero-order valence-corrected chi connectivity index (χ0v) is 8.67. The highest BCUT2D eigenvalue weighted by Gasteiger charge is 2.12. The minimum atomic E-state index is 0.00509. The van der Waals surface area contributed by atoms with E-state index in [-0.39, 0.29) is 5.78 Å². The molecule has 0 aliphatic rings. The molecule has 1 aromatic carbocycles. The van der Waals surface area contributed by atoms with Crippen molar-refractivity contribution in [3.8, 4) is 0 Å². The van der Waals surface area contributed by atoms with Gasteiger partial charge in [0.2, 0.25) is 0 Å². The first kappa shape index (κ1) is 9.21. The average molecular weight is 209 g/mol. The summed E-state index contributed by atoms with van der Waals surface area (Å²) in [6, 6.07) is 5.48. The van der Waals surface area contributed by atoms with Crippen molar-refractivity contribution in [3.63, 3.8) is 0 Å². The first-order valence-corrected chi connectivity index (χ1v) is 4.61. The molecule has 14 heavy (non-hydrogen) atoms. The SMILES string of the molecule is CC(=O)c1cccc2c1c(Cl)nn2C. The van der Waals surface area contributed by atoms with Crippen molar-refractivity contribution in [2.75, 3.05) is 0 Å². The van der Waals surface area contributed by atoms with Gasteiger partial charge in [-0.25, -0.2) is 0 Å². The summed E-state index contributed by atoms with van der Waals surface area (Å²) in [6.45, 7) is 1.53. The van der Waals surface area contributed by atoms with Gasteiger partial charge in [-0.1, -0.05) is 23.7 Å². The van der Waals surface area contributed by atoms with Crippen LogP contribution in [0.1, 0.15) is 17.3 Å². The molecule has 0 saturated heterocycles. The lowest BCUT2D eigenvalue weighted by Gasteiger charge is -1.98.